The molecule has 25 heavy (non-hydrogen) atoms. The Hall–Kier alpha value is -2.08. The molecule has 0 aliphatic carbocycles. The minimum Gasteiger partial charge on any atom is -0.238 e. The molecule has 4 nitrogen and oxygen atoms in total. The van der Waals surface area contributed by atoms with Gasteiger partial charge in [-0.3, -0.25) is 0 Å². The summed E-state index contributed by atoms with van der Waals surface area (Å²) in [6, 6.07) is 8.19. The molecule has 0 aliphatic heterocycles. The van der Waals surface area contributed by atoms with Crippen LogP contribution in [-0.2, 0) is 16.2 Å². The largest absolute Gasteiger partial charge is 0.415 e. The van der Waals surface area contributed by atoms with Crippen LogP contribution >= 0.6 is 11.6 Å². The number of nitrogens with zero attached hydrogens (tertiary/aromatic N) is 1. The summed E-state index contributed by atoms with van der Waals surface area (Å²) < 4.78 is 65.9. The number of halogens is 4. The Kier molecular flexibility index (Phi) is 5.72. The molecule has 0 aliphatic rings. The number of hydrogen-bond acceptors (Lipinski definition) is 2. The number of alkyl halides is 4. The van der Waals surface area contributed by atoms with Crippen LogP contribution in [0.3, 0.4) is 0 Å². The normalized spacial score (nSPS) is 12.0. The maximum Gasteiger partial charge on any atom is 0.415 e. The molecule has 0 aromatic heterocycles. The van der Waals surface area contributed by atoms with Crippen molar-refractivity contribution in [1.82, 2.24) is 4.72 Å². The molecule has 9 heteroatoms. The minimum atomic E-state index is -4.64. The minimum absolute atomic E-state index is 0.0322. The van der Waals surface area contributed by atoms with Gasteiger partial charge in [0.1, 0.15) is 0 Å². The maximum atomic E-state index is 13.2. The Bertz CT molecular complexity index is 904. The van der Waals surface area contributed by atoms with Crippen LogP contribution in [0.5, 0.6) is 0 Å². The SMILES string of the molecule is [C-]#[N+]c1cccc(C(F)(F)F)c1-c1ccc(S(=O)(=O)NCCCl)cc1. The van der Waals surface area contributed by atoms with E-state index in [1.54, 1.807) is 0 Å². The van der Waals surface area contributed by atoms with Crippen molar-refractivity contribution in [1.29, 1.82) is 0 Å². The lowest BCUT2D eigenvalue weighted by atomic mass is 9.97. The Morgan fingerprint density at radius 3 is 2.28 bits per heavy atom. The Morgan fingerprint density at radius 1 is 1.12 bits per heavy atom. The van der Waals surface area contributed by atoms with Gasteiger partial charge in [0.2, 0.25) is 10.0 Å². The molecule has 2 aromatic rings. The molecule has 1 N–H and O–H groups in total. The van der Waals surface area contributed by atoms with E-state index in [2.05, 4.69) is 9.57 Å². The van der Waals surface area contributed by atoms with E-state index in [1.807, 2.05) is 0 Å². The zero-order chi connectivity index (χ0) is 18.7. The van der Waals surface area contributed by atoms with Crippen LogP contribution in [0.25, 0.3) is 16.0 Å². The first-order chi connectivity index (χ1) is 11.7. The fourth-order valence-corrected chi connectivity index (χ4v) is 3.47. The highest BCUT2D eigenvalue weighted by molar-refractivity contribution is 7.89. The third-order valence-electron chi connectivity index (χ3n) is 3.31. The van der Waals surface area contributed by atoms with Crippen molar-refractivity contribution in [2.75, 3.05) is 12.4 Å². The molecule has 0 atom stereocenters. The van der Waals surface area contributed by atoms with Gasteiger partial charge < -0.3 is 0 Å². The van der Waals surface area contributed by atoms with Crippen LogP contribution in [0.4, 0.5) is 18.9 Å². The van der Waals surface area contributed by atoms with E-state index in [-0.39, 0.29) is 34.1 Å². The molecule has 0 radical (unpaired) electrons. The van der Waals surface area contributed by atoms with Crippen molar-refractivity contribution in [3.8, 4) is 11.1 Å². The molecular formula is C16H12ClF3N2O2S. The average molecular weight is 389 g/mol. The molecule has 0 unspecified atom stereocenters. The van der Waals surface area contributed by atoms with Crippen molar-refractivity contribution in [2.45, 2.75) is 11.1 Å². The van der Waals surface area contributed by atoms with E-state index in [0.717, 1.165) is 12.1 Å². The van der Waals surface area contributed by atoms with Crippen LogP contribution in [-0.4, -0.2) is 20.8 Å². The number of benzene rings is 2. The van der Waals surface area contributed by atoms with Crippen molar-refractivity contribution in [3.05, 3.63) is 59.4 Å². The van der Waals surface area contributed by atoms with Gasteiger partial charge in [0.25, 0.3) is 0 Å². The third-order valence-corrected chi connectivity index (χ3v) is 4.97. The zero-order valence-electron chi connectivity index (χ0n) is 12.6. The molecule has 0 heterocycles. The van der Waals surface area contributed by atoms with E-state index in [0.29, 0.717) is 0 Å². The standard InChI is InChI=1S/C16H12ClF3N2O2S/c1-21-14-4-2-3-13(16(18,19)20)15(14)11-5-7-12(8-6-11)25(23,24)22-10-9-17/h2-8,22H,9-10H2. The van der Waals surface area contributed by atoms with Crippen LogP contribution in [0.2, 0.25) is 0 Å². The summed E-state index contributed by atoms with van der Waals surface area (Å²) in [5.74, 6) is 0.0879. The summed E-state index contributed by atoms with van der Waals surface area (Å²) in [7, 11) is -3.79. The van der Waals surface area contributed by atoms with Crippen LogP contribution in [0, 0.1) is 6.57 Å². The molecule has 0 fully saturated rings. The van der Waals surface area contributed by atoms with Crippen molar-refractivity contribution >= 4 is 27.3 Å². The van der Waals surface area contributed by atoms with Gasteiger partial charge in [0.15, 0.2) is 5.69 Å². The first-order valence-electron chi connectivity index (χ1n) is 6.94. The van der Waals surface area contributed by atoms with E-state index >= 15 is 0 Å². The summed E-state index contributed by atoms with van der Waals surface area (Å²) in [6.45, 7) is 7.12. The summed E-state index contributed by atoms with van der Waals surface area (Å²) in [6.07, 6.45) is -4.64. The first-order valence-corrected chi connectivity index (χ1v) is 8.96. The number of hydrogen-bond donors (Lipinski definition) is 1. The Morgan fingerprint density at radius 2 is 1.76 bits per heavy atom. The number of nitrogens with one attached hydrogen (secondary N) is 1. The summed E-state index contributed by atoms with van der Waals surface area (Å²) >= 11 is 5.43. The van der Waals surface area contributed by atoms with Crippen LogP contribution in [0.1, 0.15) is 5.56 Å². The molecule has 0 saturated carbocycles. The van der Waals surface area contributed by atoms with E-state index < -0.39 is 21.8 Å². The van der Waals surface area contributed by atoms with E-state index in [4.69, 9.17) is 18.2 Å². The van der Waals surface area contributed by atoms with Gasteiger partial charge >= 0.3 is 6.18 Å². The van der Waals surface area contributed by atoms with E-state index in [1.165, 1.54) is 30.3 Å². The monoisotopic (exact) mass is 388 g/mol. The molecule has 0 saturated heterocycles. The summed E-state index contributed by atoms with van der Waals surface area (Å²) in [5.41, 5.74) is -1.28. The Balaban J connectivity index is 2.53. The maximum absolute atomic E-state index is 13.2. The second-order valence-corrected chi connectivity index (χ2v) is 7.07. The van der Waals surface area contributed by atoms with Crippen molar-refractivity contribution < 1.29 is 21.6 Å². The zero-order valence-corrected chi connectivity index (χ0v) is 14.2. The Labute approximate surface area is 148 Å². The lowest BCUT2D eigenvalue weighted by molar-refractivity contribution is -0.137. The van der Waals surface area contributed by atoms with Gasteiger partial charge in [-0.05, 0) is 23.3 Å². The second kappa shape index (κ2) is 7.44. The van der Waals surface area contributed by atoms with Gasteiger partial charge in [-0.1, -0.05) is 30.3 Å². The summed E-state index contributed by atoms with van der Waals surface area (Å²) in [5, 5.41) is 0. The van der Waals surface area contributed by atoms with Gasteiger partial charge in [-0.2, -0.15) is 13.2 Å². The molecule has 0 amide bonds. The van der Waals surface area contributed by atoms with Crippen molar-refractivity contribution in [3.63, 3.8) is 0 Å². The molecule has 2 aromatic carbocycles. The number of sulfonamides is 1. The molecule has 132 valence electrons. The van der Waals surface area contributed by atoms with Gasteiger partial charge in [0.05, 0.1) is 17.0 Å². The topological polar surface area (TPSA) is 50.5 Å². The van der Waals surface area contributed by atoms with Crippen LogP contribution in [0.15, 0.2) is 47.4 Å². The number of rotatable bonds is 5. The lowest BCUT2D eigenvalue weighted by Crippen LogP contribution is -2.25. The fraction of sp³-hybridized carbons (Fsp3) is 0.188. The molecule has 0 spiro atoms. The quantitative estimate of drug-likeness (QED) is 0.608. The van der Waals surface area contributed by atoms with Crippen LogP contribution < -0.4 is 4.72 Å². The molecule has 0 bridgehead atoms. The third kappa shape index (κ3) is 4.31. The highest BCUT2D eigenvalue weighted by atomic mass is 35.5. The van der Waals surface area contributed by atoms with E-state index in [9.17, 15) is 21.6 Å². The lowest BCUT2D eigenvalue weighted by Gasteiger charge is -2.15. The molecule has 2 rings (SSSR count). The predicted octanol–water partition coefficient (Wildman–Crippen LogP) is 4.44. The second-order valence-electron chi connectivity index (χ2n) is 4.92. The van der Waals surface area contributed by atoms with Gasteiger partial charge in [-0.15, -0.1) is 11.6 Å². The summed E-state index contributed by atoms with van der Waals surface area (Å²) in [4.78, 5) is 3.04. The predicted molar refractivity (Wildman–Crippen MR) is 89.1 cm³/mol. The fourth-order valence-electron chi connectivity index (χ4n) is 2.23. The molecular weight excluding hydrogens is 377 g/mol. The smallest absolute Gasteiger partial charge is 0.238 e. The van der Waals surface area contributed by atoms with Gasteiger partial charge in [-0.25, -0.2) is 18.0 Å². The van der Waals surface area contributed by atoms with Crippen molar-refractivity contribution in [2.24, 2.45) is 0 Å². The van der Waals surface area contributed by atoms with Gasteiger partial charge in [0, 0.05) is 12.4 Å². The first kappa shape index (κ1) is 19.2. The average Bonchev–Trinajstić information content (AvgIpc) is 2.58. The highest BCUT2D eigenvalue weighted by Gasteiger charge is 2.34. The highest BCUT2D eigenvalue weighted by Crippen LogP contribution is 2.42.